The van der Waals surface area contributed by atoms with Crippen molar-refractivity contribution in [2.75, 3.05) is 6.26 Å². The Morgan fingerprint density at radius 2 is 1.65 bits per heavy atom. The van der Waals surface area contributed by atoms with Gasteiger partial charge in [0, 0.05) is 10.9 Å². The highest BCUT2D eigenvalue weighted by Crippen LogP contribution is 2.28. The smallest absolute Gasteiger partial charge is 0.0347 e. The van der Waals surface area contributed by atoms with Gasteiger partial charge in [0.15, 0.2) is 0 Å². The Hall–Kier alpha value is -1.25. The summed E-state index contributed by atoms with van der Waals surface area (Å²) >= 11 is 1.77. The summed E-state index contributed by atoms with van der Waals surface area (Å²) in [6.07, 6.45) is 3.00. The van der Waals surface area contributed by atoms with Crippen LogP contribution in [0.5, 0.6) is 0 Å². The number of hydrogen-bond acceptors (Lipinski definition) is 2. The minimum absolute atomic E-state index is 0.0544. The van der Waals surface area contributed by atoms with E-state index < -0.39 is 0 Å². The van der Waals surface area contributed by atoms with Crippen LogP contribution in [0.3, 0.4) is 0 Å². The molecule has 0 saturated heterocycles. The fourth-order valence-electron chi connectivity index (χ4n) is 2.83. The Kier molecular flexibility index (Phi) is 4.90. The van der Waals surface area contributed by atoms with Gasteiger partial charge in [0.05, 0.1) is 0 Å². The minimum Gasteiger partial charge on any atom is -0.324 e. The first-order valence-corrected chi connectivity index (χ1v) is 8.20. The molecule has 1 atom stereocenters. The van der Waals surface area contributed by atoms with Gasteiger partial charge in [-0.25, -0.2) is 0 Å². The van der Waals surface area contributed by atoms with Crippen LogP contribution in [0.1, 0.15) is 33.9 Å². The maximum absolute atomic E-state index is 6.47. The third-order valence-electron chi connectivity index (χ3n) is 3.80. The normalized spacial score (nSPS) is 12.4. The summed E-state index contributed by atoms with van der Waals surface area (Å²) in [6.45, 7) is 6.51. The first-order valence-electron chi connectivity index (χ1n) is 6.98. The molecule has 0 saturated carbocycles. The standard InChI is InChI=1S/C18H23NS/c1-12-9-13(2)16(14(3)10-12)11-17(19)15-7-5-6-8-18(15)20-4/h5-10,17H,11,19H2,1-4H3. The van der Waals surface area contributed by atoms with Crippen molar-refractivity contribution >= 4 is 11.8 Å². The summed E-state index contributed by atoms with van der Waals surface area (Å²) in [4.78, 5) is 1.28. The van der Waals surface area contributed by atoms with E-state index in [9.17, 15) is 0 Å². The Labute approximate surface area is 126 Å². The molecule has 0 heterocycles. The molecule has 20 heavy (non-hydrogen) atoms. The van der Waals surface area contributed by atoms with Crippen molar-refractivity contribution in [1.29, 1.82) is 0 Å². The minimum atomic E-state index is 0.0544. The van der Waals surface area contributed by atoms with Gasteiger partial charge >= 0.3 is 0 Å². The largest absolute Gasteiger partial charge is 0.324 e. The van der Waals surface area contributed by atoms with Crippen molar-refractivity contribution in [2.45, 2.75) is 38.1 Å². The van der Waals surface area contributed by atoms with Gasteiger partial charge in [-0.1, -0.05) is 35.9 Å². The zero-order chi connectivity index (χ0) is 14.7. The molecule has 0 spiro atoms. The third-order valence-corrected chi connectivity index (χ3v) is 4.61. The summed E-state index contributed by atoms with van der Waals surface area (Å²) < 4.78 is 0. The summed E-state index contributed by atoms with van der Waals surface area (Å²) in [7, 11) is 0. The quantitative estimate of drug-likeness (QED) is 0.832. The van der Waals surface area contributed by atoms with E-state index in [-0.39, 0.29) is 6.04 Å². The number of nitrogens with two attached hydrogens (primary N) is 1. The molecule has 0 aliphatic heterocycles. The molecule has 2 heteroatoms. The van der Waals surface area contributed by atoms with Crippen molar-refractivity contribution in [1.82, 2.24) is 0 Å². The predicted molar refractivity (Wildman–Crippen MR) is 89.5 cm³/mol. The van der Waals surface area contributed by atoms with E-state index in [2.05, 4.69) is 63.4 Å². The van der Waals surface area contributed by atoms with E-state index >= 15 is 0 Å². The highest BCUT2D eigenvalue weighted by Gasteiger charge is 2.14. The number of rotatable bonds is 4. The SMILES string of the molecule is CSc1ccccc1C(N)Cc1c(C)cc(C)cc1C. The maximum atomic E-state index is 6.47. The van der Waals surface area contributed by atoms with Crippen LogP contribution in [0.4, 0.5) is 0 Å². The molecule has 0 radical (unpaired) electrons. The van der Waals surface area contributed by atoms with Crippen molar-refractivity contribution in [3.8, 4) is 0 Å². The van der Waals surface area contributed by atoms with E-state index in [1.165, 1.54) is 32.7 Å². The van der Waals surface area contributed by atoms with Crippen LogP contribution in [-0.4, -0.2) is 6.26 Å². The van der Waals surface area contributed by atoms with Gasteiger partial charge in [0.25, 0.3) is 0 Å². The highest BCUT2D eigenvalue weighted by molar-refractivity contribution is 7.98. The fraction of sp³-hybridized carbons (Fsp3) is 0.333. The fourth-order valence-corrected chi connectivity index (χ4v) is 3.50. The molecule has 0 aliphatic rings. The number of hydrogen-bond donors (Lipinski definition) is 1. The molecule has 0 bridgehead atoms. The molecule has 0 amide bonds. The summed E-state index contributed by atoms with van der Waals surface area (Å²) in [5, 5.41) is 0. The van der Waals surface area contributed by atoms with E-state index in [0.29, 0.717) is 0 Å². The van der Waals surface area contributed by atoms with Crippen molar-refractivity contribution in [2.24, 2.45) is 5.73 Å². The van der Waals surface area contributed by atoms with Crippen LogP contribution < -0.4 is 5.73 Å². The van der Waals surface area contributed by atoms with Gasteiger partial charge < -0.3 is 5.73 Å². The third kappa shape index (κ3) is 3.25. The Morgan fingerprint density at radius 1 is 1.05 bits per heavy atom. The Bertz CT molecular complexity index is 581. The second-order valence-corrected chi connectivity index (χ2v) is 6.28. The average Bonchev–Trinajstić information content (AvgIpc) is 2.42. The summed E-state index contributed by atoms with van der Waals surface area (Å²) in [5.74, 6) is 0. The zero-order valence-electron chi connectivity index (χ0n) is 12.7. The molecular weight excluding hydrogens is 262 g/mol. The van der Waals surface area contributed by atoms with E-state index in [0.717, 1.165) is 6.42 Å². The van der Waals surface area contributed by atoms with Gasteiger partial charge in [-0.2, -0.15) is 0 Å². The lowest BCUT2D eigenvalue weighted by Crippen LogP contribution is -2.15. The molecule has 0 fully saturated rings. The molecule has 0 aliphatic carbocycles. The second-order valence-electron chi connectivity index (χ2n) is 5.43. The molecule has 2 rings (SSSR count). The van der Waals surface area contributed by atoms with Crippen molar-refractivity contribution in [3.05, 3.63) is 64.2 Å². The van der Waals surface area contributed by atoms with Gasteiger partial charge in [-0.3, -0.25) is 0 Å². The lowest BCUT2D eigenvalue weighted by atomic mass is 9.92. The summed E-state index contributed by atoms with van der Waals surface area (Å²) in [5.41, 5.74) is 13.1. The number of thioether (sulfide) groups is 1. The van der Waals surface area contributed by atoms with E-state index in [1.807, 2.05) is 0 Å². The second kappa shape index (κ2) is 6.47. The molecule has 106 valence electrons. The van der Waals surface area contributed by atoms with Crippen LogP contribution in [0, 0.1) is 20.8 Å². The van der Waals surface area contributed by atoms with E-state index in [1.54, 1.807) is 11.8 Å². The van der Waals surface area contributed by atoms with Crippen LogP contribution in [-0.2, 0) is 6.42 Å². The Balaban J connectivity index is 2.30. The molecule has 1 nitrogen and oxygen atoms in total. The summed E-state index contributed by atoms with van der Waals surface area (Å²) in [6, 6.07) is 13.0. The van der Waals surface area contributed by atoms with E-state index in [4.69, 9.17) is 5.73 Å². The zero-order valence-corrected chi connectivity index (χ0v) is 13.6. The maximum Gasteiger partial charge on any atom is 0.0347 e. The molecule has 0 aromatic heterocycles. The molecule has 2 aromatic carbocycles. The number of benzene rings is 2. The van der Waals surface area contributed by atoms with Gasteiger partial charge in [0.1, 0.15) is 0 Å². The molecule has 1 unspecified atom stereocenters. The van der Waals surface area contributed by atoms with Crippen LogP contribution >= 0.6 is 11.8 Å². The lowest BCUT2D eigenvalue weighted by molar-refractivity contribution is 0.701. The topological polar surface area (TPSA) is 26.0 Å². The molecular formula is C18H23NS. The molecule has 2 N–H and O–H groups in total. The van der Waals surface area contributed by atoms with Gasteiger partial charge in [-0.15, -0.1) is 11.8 Å². The Morgan fingerprint density at radius 3 is 2.25 bits per heavy atom. The number of aryl methyl sites for hydroxylation is 3. The first kappa shape index (κ1) is 15.1. The molecule has 2 aromatic rings. The van der Waals surface area contributed by atoms with Crippen LogP contribution in [0.2, 0.25) is 0 Å². The van der Waals surface area contributed by atoms with Crippen LogP contribution in [0.25, 0.3) is 0 Å². The highest BCUT2D eigenvalue weighted by atomic mass is 32.2. The average molecular weight is 285 g/mol. The first-order chi connectivity index (χ1) is 9.52. The van der Waals surface area contributed by atoms with Gasteiger partial charge in [-0.05, 0) is 61.8 Å². The van der Waals surface area contributed by atoms with Crippen molar-refractivity contribution < 1.29 is 0 Å². The van der Waals surface area contributed by atoms with Crippen LogP contribution in [0.15, 0.2) is 41.3 Å². The lowest BCUT2D eigenvalue weighted by Gasteiger charge is -2.19. The van der Waals surface area contributed by atoms with Crippen molar-refractivity contribution in [3.63, 3.8) is 0 Å². The van der Waals surface area contributed by atoms with Gasteiger partial charge in [0.2, 0.25) is 0 Å². The monoisotopic (exact) mass is 285 g/mol. The predicted octanol–water partition coefficient (Wildman–Crippen LogP) is 4.58.